The number of para-hydroxylation sites is 1. The molecule has 0 bridgehead atoms. The van der Waals surface area contributed by atoms with Gasteiger partial charge in [-0.1, -0.05) is 22.0 Å². The number of nitrogens with one attached hydrogen (secondary N) is 1. The molecule has 2 aromatic rings. The second-order valence-electron chi connectivity index (χ2n) is 3.91. The quantitative estimate of drug-likeness (QED) is 0.901. The Balaban J connectivity index is 2.21. The van der Waals surface area contributed by atoms with Gasteiger partial charge in [0.05, 0.1) is 7.11 Å². The summed E-state index contributed by atoms with van der Waals surface area (Å²) in [6, 6.07) is 9.22. The van der Waals surface area contributed by atoms with E-state index in [-0.39, 0.29) is 12.2 Å². The number of anilines is 1. The first kappa shape index (κ1) is 13.8. The van der Waals surface area contributed by atoms with Gasteiger partial charge in [0.25, 0.3) is 0 Å². The van der Waals surface area contributed by atoms with Crippen LogP contribution in [0.15, 0.2) is 40.9 Å². The number of rotatable bonds is 4. The number of hydrogen-bond acceptors (Lipinski definition) is 2. The third kappa shape index (κ3) is 3.23. The molecule has 0 atom stereocenters. The van der Waals surface area contributed by atoms with Crippen LogP contribution in [-0.2, 0) is 6.54 Å². The molecule has 0 amide bonds. The normalized spacial score (nSPS) is 10.3. The SMILES string of the molecule is COc1ccc(Br)cc1CNc1c(F)cccc1F. The maximum absolute atomic E-state index is 13.5. The first-order valence-corrected chi connectivity index (χ1v) is 6.41. The maximum Gasteiger partial charge on any atom is 0.149 e. The van der Waals surface area contributed by atoms with Gasteiger partial charge in [-0.3, -0.25) is 0 Å². The van der Waals surface area contributed by atoms with Crippen LogP contribution in [0.5, 0.6) is 5.75 Å². The second-order valence-corrected chi connectivity index (χ2v) is 4.82. The lowest BCUT2D eigenvalue weighted by atomic mass is 10.2. The lowest BCUT2D eigenvalue weighted by Crippen LogP contribution is -2.05. The van der Waals surface area contributed by atoms with Crippen LogP contribution in [0.25, 0.3) is 0 Å². The van der Waals surface area contributed by atoms with Gasteiger partial charge in [-0.05, 0) is 30.3 Å². The molecule has 0 saturated carbocycles. The predicted molar refractivity (Wildman–Crippen MR) is 74.4 cm³/mol. The molecule has 1 N–H and O–H groups in total. The van der Waals surface area contributed by atoms with Crippen LogP contribution in [-0.4, -0.2) is 7.11 Å². The van der Waals surface area contributed by atoms with Crippen molar-refractivity contribution in [2.24, 2.45) is 0 Å². The third-order valence-electron chi connectivity index (χ3n) is 2.66. The summed E-state index contributed by atoms with van der Waals surface area (Å²) in [5.41, 5.74) is 0.670. The Morgan fingerprint density at radius 3 is 2.47 bits per heavy atom. The average molecular weight is 328 g/mol. The zero-order chi connectivity index (χ0) is 13.8. The Morgan fingerprint density at radius 2 is 1.84 bits per heavy atom. The van der Waals surface area contributed by atoms with E-state index in [1.165, 1.54) is 18.2 Å². The predicted octanol–water partition coefficient (Wildman–Crippen LogP) is 4.35. The molecule has 2 aromatic carbocycles. The van der Waals surface area contributed by atoms with E-state index in [4.69, 9.17) is 4.74 Å². The van der Waals surface area contributed by atoms with Gasteiger partial charge in [0, 0.05) is 16.6 Å². The van der Waals surface area contributed by atoms with Crippen LogP contribution in [0, 0.1) is 11.6 Å². The summed E-state index contributed by atoms with van der Waals surface area (Å²) >= 11 is 3.35. The van der Waals surface area contributed by atoms with Gasteiger partial charge in [0.1, 0.15) is 23.1 Å². The molecule has 19 heavy (non-hydrogen) atoms. The molecule has 5 heteroatoms. The van der Waals surface area contributed by atoms with E-state index in [1.54, 1.807) is 13.2 Å². The minimum absolute atomic E-state index is 0.135. The van der Waals surface area contributed by atoms with Crippen molar-refractivity contribution in [2.75, 3.05) is 12.4 Å². The van der Waals surface area contributed by atoms with Gasteiger partial charge >= 0.3 is 0 Å². The summed E-state index contributed by atoms with van der Waals surface area (Å²) in [6.07, 6.45) is 0. The number of hydrogen-bond donors (Lipinski definition) is 1. The first-order chi connectivity index (χ1) is 9.11. The molecular formula is C14H12BrF2NO. The highest BCUT2D eigenvalue weighted by molar-refractivity contribution is 9.10. The maximum atomic E-state index is 13.5. The van der Waals surface area contributed by atoms with Crippen molar-refractivity contribution in [3.05, 3.63) is 58.1 Å². The average Bonchev–Trinajstić information content (AvgIpc) is 2.38. The molecule has 2 rings (SSSR count). The van der Waals surface area contributed by atoms with E-state index >= 15 is 0 Å². The summed E-state index contributed by atoms with van der Waals surface area (Å²) in [7, 11) is 1.55. The Morgan fingerprint density at radius 1 is 1.16 bits per heavy atom. The number of ether oxygens (including phenoxy) is 1. The molecule has 0 aromatic heterocycles. The van der Waals surface area contributed by atoms with Crippen LogP contribution in [0.2, 0.25) is 0 Å². The van der Waals surface area contributed by atoms with Gasteiger partial charge in [0.2, 0.25) is 0 Å². The summed E-state index contributed by atoms with van der Waals surface area (Å²) in [5, 5.41) is 2.75. The van der Waals surface area contributed by atoms with E-state index in [0.717, 1.165) is 10.0 Å². The summed E-state index contributed by atoms with van der Waals surface area (Å²) in [6.45, 7) is 0.264. The molecule has 0 radical (unpaired) electrons. The first-order valence-electron chi connectivity index (χ1n) is 5.62. The van der Waals surface area contributed by atoms with Gasteiger partial charge in [0.15, 0.2) is 0 Å². The molecule has 0 aliphatic carbocycles. The van der Waals surface area contributed by atoms with Crippen molar-refractivity contribution in [3.8, 4) is 5.75 Å². The van der Waals surface area contributed by atoms with E-state index in [9.17, 15) is 8.78 Å². The summed E-state index contributed by atoms with van der Waals surface area (Å²) < 4.78 is 33.0. The van der Waals surface area contributed by atoms with E-state index in [1.807, 2.05) is 12.1 Å². The van der Waals surface area contributed by atoms with Crippen molar-refractivity contribution in [1.82, 2.24) is 0 Å². The molecule has 0 spiro atoms. The van der Waals surface area contributed by atoms with Gasteiger partial charge in [-0.2, -0.15) is 0 Å². The molecule has 0 fully saturated rings. The monoisotopic (exact) mass is 327 g/mol. The lowest BCUT2D eigenvalue weighted by Gasteiger charge is -2.12. The highest BCUT2D eigenvalue weighted by Crippen LogP contribution is 2.25. The Bertz CT molecular complexity index is 569. The highest BCUT2D eigenvalue weighted by atomic mass is 79.9. The standard InChI is InChI=1S/C14H12BrF2NO/c1-19-13-6-5-10(15)7-9(13)8-18-14-11(16)3-2-4-12(14)17/h2-7,18H,8H2,1H3. The van der Waals surface area contributed by atoms with Crippen LogP contribution >= 0.6 is 15.9 Å². The van der Waals surface area contributed by atoms with E-state index in [0.29, 0.717) is 5.75 Å². The van der Waals surface area contributed by atoms with Gasteiger partial charge in [-0.25, -0.2) is 8.78 Å². The van der Waals surface area contributed by atoms with E-state index < -0.39 is 11.6 Å². The van der Waals surface area contributed by atoms with Crippen LogP contribution in [0.1, 0.15) is 5.56 Å². The van der Waals surface area contributed by atoms with Gasteiger partial charge in [-0.15, -0.1) is 0 Å². The summed E-state index contributed by atoms with van der Waals surface area (Å²) in [5.74, 6) is -0.574. The molecule has 0 unspecified atom stereocenters. The fourth-order valence-electron chi connectivity index (χ4n) is 1.74. The molecule has 2 nitrogen and oxygen atoms in total. The Labute approximate surface area is 118 Å². The van der Waals surface area contributed by atoms with Crippen molar-refractivity contribution in [3.63, 3.8) is 0 Å². The minimum atomic E-state index is -0.617. The largest absolute Gasteiger partial charge is 0.496 e. The van der Waals surface area contributed by atoms with Crippen molar-refractivity contribution in [2.45, 2.75) is 6.54 Å². The van der Waals surface area contributed by atoms with E-state index in [2.05, 4.69) is 21.2 Å². The fraction of sp³-hybridized carbons (Fsp3) is 0.143. The van der Waals surface area contributed by atoms with Gasteiger partial charge < -0.3 is 10.1 Å². The minimum Gasteiger partial charge on any atom is -0.496 e. The molecule has 0 saturated heterocycles. The molecule has 100 valence electrons. The van der Waals surface area contributed by atoms with Crippen molar-refractivity contribution < 1.29 is 13.5 Å². The Hall–Kier alpha value is -1.62. The Kier molecular flexibility index (Phi) is 4.37. The van der Waals surface area contributed by atoms with Crippen LogP contribution in [0.3, 0.4) is 0 Å². The number of methoxy groups -OCH3 is 1. The lowest BCUT2D eigenvalue weighted by molar-refractivity contribution is 0.410. The highest BCUT2D eigenvalue weighted by Gasteiger charge is 2.09. The zero-order valence-electron chi connectivity index (χ0n) is 10.2. The fourth-order valence-corrected chi connectivity index (χ4v) is 2.14. The summed E-state index contributed by atoms with van der Waals surface area (Å²) in [4.78, 5) is 0. The zero-order valence-corrected chi connectivity index (χ0v) is 11.8. The smallest absolute Gasteiger partial charge is 0.149 e. The van der Waals surface area contributed by atoms with Crippen molar-refractivity contribution >= 4 is 21.6 Å². The van der Waals surface area contributed by atoms with Crippen LogP contribution in [0.4, 0.5) is 14.5 Å². The second kappa shape index (κ2) is 6.02. The third-order valence-corrected chi connectivity index (χ3v) is 3.15. The molecular weight excluding hydrogens is 316 g/mol. The molecule has 0 heterocycles. The molecule has 0 aliphatic heterocycles. The van der Waals surface area contributed by atoms with Crippen LogP contribution < -0.4 is 10.1 Å². The topological polar surface area (TPSA) is 21.3 Å². The molecule has 0 aliphatic rings. The number of benzene rings is 2. The number of halogens is 3. The van der Waals surface area contributed by atoms with Crippen molar-refractivity contribution in [1.29, 1.82) is 0 Å².